The number of alkyl halides is 3. The van der Waals surface area contributed by atoms with Gasteiger partial charge in [-0.15, -0.1) is 0 Å². The monoisotopic (exact) mass is 264 g/mol. The first kappa shape index (κ1) is 11.6. The summed E-state index contributed by atoms with van der Waals surface area (Å²) in [5.41, 5.74) is -1.60. The van der Waals surface area contributed by atoms with Crippen molar-refractivity contribution in [2.45, 2.75) is 6.18 Å². The molecule has 0 aromatic carbocycles. The summed E-state index contributed by atoms with van der Waals surface area (Å²) in [4.78, 5) is 17.0. The van der Waals surface area contributed by atoms with Crippen molar-refractivity contribution in [3.63, 3.8) is 0 Å². The number of H-pyrrole nitrogens is 1. The van der Waals surface area contributed by atoms with E-state index in [4.69, 9.17) is 11.6 Å². The summed E-state index contributed by atoms with van der Waals surface area (Å²) < 4.78 is 37.8. The van der Waals surface area contributed by atoms with E-state index in [0.717, 1.165) is 11.0 Å². The van der Waals surface area contributed by atoms with Crippen LogP contribution in [0.15, 0.2) is 23.5 Å². The Balaban J connectivity index is 2.52. The number of hydrogen-bond donors (Lipinski definition) is 1. The summed E-state index contributed by atoms with van der Waals surface area (Å²) in [6, 6.07) is 0. The molecule has 0 aliphatic heterocycles. The van der Waals surface area contributed by atoms with Crippen LogP contribution in [0.25, 0.3) is 5.82 Å². The van der Waals surface area contributed by atoms with Gasteiger partial charge in [0.15, 0.2) is 10.8 Å². The molecular weight excluding hydrogens is 261 g/mol. The van der Waals surface area contributed by atoms with Crippen LogP contribution in [0.4, 0.5) is 13.2 Å². The fourth-order valence-corrected chi connectivity index (χ4v) is 1.31. The van der Waals surface area contributed by atoms with E-state index in [1.807, 2.05) is 0 Å². The summed E-state index contributed by atoms with van der Waals surface area (Å²) in [6.07, 6.45) is -2.16. The minimum Gasteiger partial charge on any atom is -0.312 e. The van der Waals surface area contributed by atoms with Crippen molar-refractivity contribution in [2.24, 2.45) is 0 Å². The molecule has 0 bridgehead atoms. The van der Waals surface area contributed by atoms with Crippen molar-refractivity contribution in [3.8, 4) is 5.82 Å². The van der Waals surface area contributed by atoms with Crippen LogP contribution in [-0.4, -0.2) is 19.7 Å². The molecule has 0 aliphatic rings. The number of halogens is 4. The molecule has 0 unspecified atom stereocenters. The van der Waals surface area contributed by atoms with Crippen molar-refractivity contribution in [3.05, 3.63) is 39.7 Å². The van der Waals surface area contributed by atoms with E-state index >= 15 is 0 Å². The summed E-state index contributed by atoms with van der Waals surface area (Å²) >= 11 is 5.60. The SMILES string of the molecule is O=c1[nH]cnc(-n2cc(C(F)(F)F)cn2)c1Cl. The molecule has 90 valence electrons. The maximum absolute atomic E-state index is 12.3. The van der Waals surface area contributed by atoms with Gasteiger partial charge in [-0.2, -0.15) is 18.3 Å². The van der Waals surface area contributed by atoms with Crippen LogP contribution in [0.3, 0.4) is 0 Å². The summed E-state index contributed by atoms with van der Waals surface area (Å²) in [7, 11) is 0. The fourth-order valence-electron chi connectivity index (χ4n) is 1.12. The Kier molecular flexibility index (Phi) is 2.66. The third-order valence-corrected chi connectivity index (χ3v) is 2.25. The van der Waals surface area contributed by atoms with E-state index in [9.17, 15) is 18.0 Å². The number of rotatable bonds is 1. The summed E-state index contributed by atoms with van der Waals surface area (Å²) in [6.45, 7) is 0. The van der Waals surface area contributed by atoms with Crippen molar-refractivity contribution < 1.29 is 13.2 Å². The Labute approximate surface area is 96.9 Å². The standard InChI is InChI=1S/C8H4ClF3N4O/c9-5-6(13-3-14-7(5)17)16-2-4(1-15-16)8(10,11)12/h1-3H,(H,13,14,17). The fraction of sp³-hybridized carbons (Fsp3) is 0.125. The Morgan fingerprint density at radius 1 is 1.41 bits per heavy atom. The van der Waals surface area contributed by atoms with Gasteiger partial charge < -0.3 is 4.98 Å². The lowest BCUT2D eigenvalue weighted by molar-refractivity contribution is -0.137. The highest BCUT2D eigenvalue weighted by Crippen LogP contribution is 2.29. The van der Waals surface area contributed by atoms with Gasteiger partial charge in [0.05, 0.1) is 18.1 Å². The van der Waals surface area contributed by atoms with Gasteiger partial charge in [-0.3, -0.25) is 4.79 Å². The molecule has 2 heterocycles. The van der Waals surface area contributed by atoms with Gasteiger partial charge in [-0.1, -0.05) is 11.6 Å². The maximum Gasteiger partial charge on any atom is 0.419 e. The molecule has 2 aromatic rings. The quantitative estimate of drug-likeness (QED) is 0.851. The van der Waals surface area contributed by atoms with E-state index in [-0.39, 0.29) is 10.8 Å². The molecule has 2 aromatic heterocycles. The second-order valence-electron chi connectivity index (χ2n) is 3.04. The average Bonchev–Trinajstić information content (AvgIpc) is 2.70. The van der Waals surface area contributed by atoms with E-state index in [1.54, 1.807) is 0 Å². The van der Waals surface area contributed by atoms with E-state index in [1.165, 1.54) is 0 Å². The van der Waals surface area contributed by atoms with Crippen LogP contribution in [0.2, 0.25) is 5.02 Å². The van der Waals surface area contributed by atoms with Crippen molar-refractivity contribution in [1.29, 1.82) is 0 Å². The zero-order valence-corrected chi connectivity index (χ0v) is 8.75. The first-order valence-electron chi connectivity index (χ1n) is 4.25. The second kappa shape index (κ2) is 3.88. The Morgan fingerprint density at radius 2 is 2.12 bits per heavy atom. The maximum atomic E-state index is 12.3. The van der Waals surface area contributed by atoms with Crippen LogP contribution < -0.4 is 5.56 Å². The van der Waals surface area contributed by atoms with Crippen molar-refractivity contribution >= 4 is 11.6 Å². The second-order valence-corrected chi connectivity index (χ2v) is 3.42. The van der Waals surface area contributed by atoms with Gasteiger partial charge in [0, 0.05) is 6.20 Å². The molecule has 5 nitrogen and oxygen atoms in total. The molecule has 0 spiro atoms. The first-order valence-corrected chi connectivity index (χ1v) is 4.63. The lowest BCUT2D eigenvalue weighted by Gasteiger charge is -2.02. The van der Waals surface area contributed by atoms with Crippen LogP contribution in [0, 0.1) is 0 Å². The minimum atomic E-state index is -4.51. The number of nitrogens with one attached hydrogen (secondary N) is 1. The van der Waals surface area contributed by atoms with E-state index in [0.29, 0.717) is 12.4 Å². The predicted molar refractivity (Wildman–Crippen MR) is 52.0 cm³/mol. The van der Waals surface area contributed by atoms with E-state index in [2.05, 4.69) is 15.1 Å². The van der Waals surface area contributed by atoms with Gasteiger partial charge in [-0.25, -0.2) is 9.67 Å². The smallest absolute Gasteiger partial charge is 0.312 e. The summed E-state index contributed by atoms with van der Waals surface area (Å²) in [5.74, 6) is -0.161. The van der Waals surface area contributed by atoms with Gasteiger partial charge >= 0.3 is 6.18 Å². The van der Waals surface area contributed by atoms with Crippen LogP contribution in [0.1, 0.15) is 5.56 Å². The normalized spacial score (nSPS) is 11.8. The highest BCUT2D eigenvalue weighted by atomic mass is 35.5. The van der Waals surface area contributed by atoms with E-state index < -0.39 is 17.3 Å². The van der Waals surface area contributed by atoms with Crippen LogP contribution >= 0.6 is 11.6 Å². The number of aromatic nitrogens is 4. The molecule has 17 heavy (non-hydrogen) atoms. The topological polar surface area (TPSA) is 63.6 Å². The third-order valence-electron chi connectivity index (χ3n) is 1.91. The Bertz CT molecular complexity index is 603. The summed E-state index contributed by atoms with van der Waals surface area (Å²) in [5, 5.41) is 3.12. The number of hydrogen-bond acceptors (Lipinski definition) is 3. The molecule has 0 aliphatic carbocycles. The lowest BCUT2D eigenvalue weighted by atomic mass is 10.4. The molecule has 0 atom stereocenters. The average molecular weight is 265 g/mol. The largest absolute Gasteiger partial charge is 0.419 e. The molecule has 0 saturated carbocycles. The number of nitrogens with zero attached hydrogens (tertiary/aromatic N) is 3. The van der Waals surface area contributed by atoms with Crippen LogP contribution in [0.5, 0.6) is 0 Å². The lowest BCUT2D eigenvalue weighted by Crippen LogP contribution is -2.12. The van der Waals surface area contributed by atoms with Gasteiger partial charge in [0.2, 0.25) is 0 Å². The molecular formula is C8H4ClF3N4O. The molecule has 0 fully saturated rings. The number of aromatic amines is 1. The minimum absolute atomic E-state index is 0.161. The van der Waals surface area contributed by atoms with Crippen LogP contribution in [-0.2, 0) is 6.18 Å². The zero-order valence-electron chi connectivity index (χ0n) is 7.99. The molecule has 9 heteroatoms. The molecule has 0 radical (unpaired) electrons. The van der Waals surface area contributed by atoms with Gasteiger partial charge in [0.1, 0.15) is 0 Å². The highest BCUT2D eigenvalue weighted by Gasteiger charge is 2.32. The third kappa shape index (κ3) is 2.16. The molecule has 1 N–H and O–H groups in total. The Morgan fingerprint density at radius 3 is 2.71 bits per heavy atom. The molecule has 2 rings (SSSR count). The Hall–Kier alpha value is -1.83. The molecule has 0 saturated heterocycles. The highest BCUT2D eigenvalue weighted by molar-refractivity contribution is 6.31. The van der Waals surface area contributed by atoms with Gasteiger partial charge in [-0.05, 0) is 0 Å². The zero-order chi connectivity index (χ0) is 12.6. The van der Waals surface area contributed by atoms with Crippen molar-refractivity contribution in [2.75, 3.05) is 0 Å². The van der Waals surface area contributed by atoms with Gasteiger partial charge in [0.25, 0.3) is 5.56 Å². The molecule has 0 amide bonds. The van der Waals surface area contributed by atoms with Crippen molar-refractivity contribution in [1.82, 2.24) is 19.7 Å². The first-order chi connectivity index (χ1) is 7.89. The predicted octanol–water partition coefficient (Wildman–Crippen LogP) is 1.63.